The molecule has 0 aliphatic carbocycles. The molecule has 82 valence electrons. The molecule has 0 amide bonds. The van der Waals surface area contributed by atoms with Crippen LogP contribution in [0, 0.1) is 34.5 Å². The highest BCUT2D eigenvalue weighted by Gasteiger charge is 1.93. The topological polar surface area (TPSA) is 50.8 Å². The van der Waals surface area contributed by atoms with E-state index in [1.54, 1.807) is 12.1 Å². The Balaban J connectivity index is 2.85. The Bertz CT molecular complexity index is 539. The van der Waals surface area contributed by atoms with Crippen molar-refractivity contribution >= 4 is 5.69 Å². The van der Waals surface area contributed by atoms with Gasteiger partial charge in [0, 0.05) is 31.4 Å². The predicted molar refractivity (Wildman–Crippen MR) is 67.0 cm³/mol. The zero-order valence-electron chi connectivity index (χ0n) is 9.73. The van der Waals surface area contributed by atoms with Gasteiger partial charge in [-0.1, -0.05) is 11.8 Å². The average molecular weight is 221 g/mol. The van der Waals surface area contributed by atoms with E-state index in [-0.39, 0.29) is 5.57 Å². The van der Waals surface area contributed by atoms with Crippen molar-refractivity contribution in [2.24, 2.45) is 0 Å². The summed E-state index contributed by atoms with van der Waals surface area (Å²) in [5, 5.41) is 17.0. The van der Waals surface area contributed by atoms with E-state index in [0.29, 0.717) is 0 Å². The number of anilines is 1. The van der Waals surface area contributed by atoms with Crippen molar-refractivity contribution in [1.82, 2.24) is 0 Å². The molecular formula is C14H11N3. The van der Waals surface area contributed by atoms with Crippen molar-refractivity contribution in [3.8, 4) is 24.0 Å². The molecule has 0 heterocycles. The second-order valence-electron chi connectivity index (χ2n) is 3.49. The Kier molecular flexibility index (Phi) is 4.37. The first-order valence-corrected chi connectivity index (χ1v) is 4.96. The molecule has 1 aromatic rings. The van der Waals surface area contributed by atoms with E-state index in [9.17, 15) is 0 Å². The lowest BCUT2D eigenvalue weighted by Gasteiger charge is -2.11. The van der Waals surface area contributed by atoms with Crippen LogP contribution in [0.2, 0.25) is 0 Å². The van der Waals surface area contributed by atoms with Gasteiger partial charge in [0.05, 0.1) is 0 Å². The lowest BCUT2D eigenvalue weighted by atomic mass is 10.2. The van der Waals surface area contributed by atoms with E-state index >= 15 is 0 Å². The third kappa shape index (κ3) is 3.74. The number of nitrogens with zero attached hydrogens (tertiary/aromatic N) is 3. The molecule has 0 spiro atoms. The zero-order chi connectivity index (χ0) is 12.7. The number of benzene rings is 1. The molecule has 1 aromatic carbocycles. The summed E-state index contributed by atoms with van der Waals surface area (Å²) in [7, 11) is 3.94. The highest BCUT2D eigenvalue weighted by molar-refractivity contribution is 5.50. The smallest absolute Gasteiger partial charge is 0.137 e. The van der Waals surface area contributed by atoms with Gasteiger partial charge >= 0.3 is 0 Å². The molecule has 0 aliphatic rings. The van der Waals surface area contributed by atoms with Gasteiger partial charge in [0.1, 0.15) is 17.7 Å². The van der Waals surface area contributed by atoms with Crippen LogP contribution >= 0.6 is 0 Å². The van der Waals surface area contributed by atoms with Gasteiger partial charge in [0.25, 0.3) is 0 Å². The van der Waals surface area contributed by atoms with Gasteiger partial charge in [-0.3, -0.25) is 0 Å². The molecule has 0 saturated carbocycles. The van der Waals surface area contributed by atoms with E-state index in [1.807, 2.05) is 43.3 Å². The van der Waals surface area contributed by atoms with Gasteiger partial charge in [0.15, 0.2) is 0 Å². The second kappa shape index (κ2) is 6.01. The summed E-state index contributed by atoms with van der Waals surface area (Å²) in [5.74, 6) is 5.54. The molecule has 0 unspecified atom stereocenters. The quantitative estimate of drug-likeness (QED) is 0.539. The Morgan fingerprint density at radius 2 is 1.71 bits per heavy atom. The van der Waals surface area contributed by atoms with Gasteiger partial charge in [0.2, 0.25) is 0 Å². The van der Waals surface area contributed by atoms with E-state index < -0.39 is 0 Å². The van der Waals surface area contributed by atoms with Crippen LogP contribution in [-0.2, 0) is 0 Å². The first kappa shape index (κ1) is 12.4. The third-order valence-corrected chi connectivity index (χ3v) is 2.06. The molecule has 0 radical (unpaired) electrons. The molecule has 0 atom stereocenters. The van der Waals surface area contributed by atoms with Crippen molar-refractivity contribution in [2.75, 3.05) is 19.0 Å². The minimum atomic E-state index is 0.0161. The molecule has 3 nitrogen and oxygen atoms in total. The van der Waals surface area contributed by atoms with E-state index in [2.05, 4.69) is 11.8 Å². The molecule has 0 bridgehead atoms. The summed E-state index contributed by atoms with van der Waals surface area (Å²) in [6, 6.07) is 11.2. The molecule has 0 aromatic heterocycles. The second-order valence-corrected chi connectivity index (χ2v) is 3.49. The maximum atomic E-state index is 8.51. The normalized spacial score (nSPS) is 8.00. The molecule has 0 N–H and O–H groups in total. The van der Waals surface area contributed by atoms with E-state index in [1.165, 1.54) is 6.08 Å². The Hall–Kier alpha value is -2.70. The Morgan fingerprint density at radius 3 is 2.18 bits per heavy atom. The van der Waals surface area contributed by atoms with Crippen molar-refractivity contribution in [3.05, 3.63) is 41.5 Å². The zero-order valence-corrected chi connectivity index (χ0v) is 9.73. The highest BCUT2D eigenvalue weighted by atomic mass is 15.1. The summed E-state index contributed by atoms with van der Waals surface area (Å²) in [4.78, 5) is 2.00. The van der Waals surface area contributed by atoms with Crippen molar-refractivity contribution in [2.45, 2.75) is 0 Å². The van der Waals surface area contributed by atoms with E-state index in [0.717, 1.165) is 11.3 Å². The van der Waals surface area contributed by atoms with Gasteiger partial charge in [-0.15, -0.1) is 0 Å². The summed E-state index contributed by atoms with van der Waals surface area (Å²) >= 11 is 0. The first-order valence-electron chi connectivity index (χ1n) is 4.96. The van der Waals surface area contributed by atoms with E-state index in [4.69, 9.17) is 10.5 Å². The lowest BCUT2D eigenvalue weighted by Crippen LogP contribution is -2.07. The van der Waals surface area contributed by atoms with Crippen LogP contribution in [0.3, 0.4) is 0 Å². The molecular weight excluding hydrogens is 210 g/mol. The maximum absolute atomic E-state index is 8.51. The van der Waals surface area contributed by atoms with Crippen molar-refractivity contribution < 1.29 is 0 Å². The fourth-order valence-corrected chi connectivity index (χ4v) is 1.12. The van der Waals surface area contributed by atoms with Gasteiger partial charge < -0.3 is 4.90 Å². The number of nitriles is 2. The molecule has 17 heavy (non-hydrogen) atoms. The predicted octanol–water partition coefficient (Wildman–Crippen LogP) is 2.08. The summed E-state index contributed by atoms with van der Waals surface area (Å²) in [5.41, 5.74) is 1.96. The fourth-order valence-electron chi connectivity index (χ4n) is 1.12. The number of hydrogen-bond acceptors (Lipinski definition) is 3. The maximum Gasteiger partial charge on any atom is 0.137 e. The van der Waals surface area contributed by atoms with Crippen LogP contribution in [-0.4, -0.2) is 14.1 Å². The molecule has 0 saturated heterocycles. The van der Waals surface area contributed by atoms with Crippen LogP contribution < -0.4 is 4.90 Å². The van der Waals surface area contributed by atoms with Crippen LogP contribution in [0.4, 0.5) is 5.69 Å². The minimum Gasteiger partial charge on any atom is -0.378 e. The molecule has 3 heteroatoms. The number of rotatable bonds is 1. The number of allylic oxidation sites excluding steroid dienone is 2. The van der Waals surface area contributed by atoms with Gasteiger partial charge in [-0.2, -0.15) is 10.5 Å². The van der Waals surface area contributed by atoms with Crippen molar-refractivity contribution in [1.29, 1.82) is 10.5 Å². The Labute approximate surface area is 101 Å². The summed E-state index contributed by atoms with van der Waals surface area (Å²) in [6.07, 6.45) is 1.32. The SMILES string of the molecule is CN(C)c1ccc(C#CC=C(C#N)C#N)cc1. The first-order chi connectivity index (χ1) is 8.17. The molecule has 0 fully saturated rings. The van der Waals surface area contributed by atoms with Crippen molar-refractivity contribution in [3.63, 3.8) is 0 Å². The third-order valence-electron chi connectivity index (χ3n) is 2.06. The minimum absolute atomic E-state index is 0.0161. The molecule has 1 rings (SSSR count). The highest BCUT2D eigenvalue weighted by Crippen LogP contribution is 2.11. The van der Waals surface area contributed by atoms with Crippen LogP contribution in [0.25, 0.3) is 0 Å². The molecule has 0 aliphatic heterocycles. The van der Waals surface area contributed by atoms with Gasteiger partial charge in [-0.05, 0) is 24.3 Å². The lowest BCUT2D eigenvalue weighted by molar-refractivity contribution is 1.13. The standard InChI is InChI=1S/C14H11N3/c1-17(2)14-8-6-12(7-9-14)4-3-5-13(10-15)11-16/h5-9H,1-2H3. The number of hydrogen-bond donors (Lipinski definition) is 0. The van der Waals surface area contributed by atoms with Crippen LogP contribution in [0.15, 0.2) is 35.9 Å². The monoisotopic (exact) mass is 221 g/mol. The van der Waals surface area contributed by atoms with Gasteiger partial charge in [-0.25, -0.2) is 0 Å². The van der Waals surface area contributed by atoms with Crippen LogP contribution in [0.1, 0.15) is 5.56 Å². The van der Waals surface area contributed by atoms with Crippen LogP contribution in [0.5, 0.6) is 0 Å². The fraction of sp³-hybridized carbons (Fsp3) is 0.143. The summed E-state index contributed by atoms with van der Waals surface area (Å²) < 4.78 is 0. The summed E-state index contributed by atoms with van der Waals surface area (Å²) in [6.45, 7) is 0. The Morgan fingerprint density at radius 1 is 1.12 bits per heavy atom. The largest absolute Gasteiger partial charge is 0.378 e. The average Bonchev–Trinajstić information content (AvgIpc) is 2.35.